The highest BCUT2D eigenvalue weighted by Crippen LogP contribution is 2.25. The third-order valence-corrected chi connectivity index (χ3v) is 1.79. The first-order valence-electron chi connectivity index (χ1n) is 3.80. The van der Waals surface area contributed by atoms with Crippen molar-refractivity contribution >= 4 is 11.6 Å². The minimum atomic E-state index is 0.0112. The SMILES string of the molecule is CCOc1cc(CO)ccc1Cl. The van der Waals surface area contributed by atoms with Crippen molar-refractivity contribution in [3.8, 4) is 5.75 Å². The van der Waals surface area contributed by atoms with E-state index in [1.807, 2.05) is 6.92 Å². The summed E-state index contributed by atoms with van der Waals surface area (Å²) in [4.78, 5) is 0. The molecule has 66 valence electrons. The van der Waals surface area contributed by atoms with Gasteiger partial charge in [0.05, 0.1) is 18.2 Å². The number of benzene rings is 1. The van der Waals surface area contributed by atoms with E-state index < -0.39 is 0 Å². The quantitative estimate of drug-likeness (QED) is 0.785. The molecule has 1 aromatic carbocycles. The molecule has 0 radical (unpaired) electrons. The van der Waals surface area contributed by atoms with E-state index in [9.17, 15) is 0 Å². The predicted octanol–water partition coefficient (Wildman–Crippen LogP) is 2.23. The summed E-state index contributed by atoms with van der Waals surface area (Å²) in [6.45, 7) is 2.48. The second-order valence-electron chi connectivity index (χ2n) is 2.36. The maximum Gasteiger partial charge on any atom is 0.138 e. The average molecular weight is 187 g/mol. The zero-order valence-corrected chi connectivity index (χ0v) is 7.64. The van der Waals surface area contributed by atoms with Crippen LogP contribution in [0, 0.1) is 0 Å². The summed E-state index contributed by atoms with van der Waals surface area (Å²) in [5.41, 5.74) is 0.808. The zero-order valence-electron chi connectivity index (χ0n) is 6.88. The summed E-state index contributed by atoms with van der Waals surface area (Å²) in [7, 11) is 0. The highest BCUT2D eigenvalue weighted by atomic mass is 35.5. The van der Waals surface area contributed by atoms with Crippen molar-refractivity contribution in [3.63, 3.8) is 0 Å². The van der Waals surface area contributed by atoms with E-state index in [0.717, 1.165) is 5.56 Å². The number of halogens is 1. The van der Waals surface area contributed by atoms with Crippen LogP contribution < -0.4 is 4.74 Å². The van der Waals surface area contributed by atoms with E-state index in [2.05, 4.69) is 0 Å². The molecule has 0 atom stereocenters. The molecule has 2 nitrogen and oxygen atoms in total. The maximum atomic E-state index is 8.82. The van der Waals surface area contributed by atoms with Crippen molar-refractivity contribution in [1.29, 1.82) is 0 Å². The Morgan fingerprint density at radius 2 is 2.25 bits per heavy atom. The van der Waals surface area contributed by atoms with Crippen molar-refractivity contribution < 1.29 is 9.84 Å². The lowest BCUT2D eigenvalue weighted by molar-refractivity contribution is 0.280. The van der Waals surface area contributed by atoms with E-state index in [-0.39, 0.29) is 6.61 Å². The van der Waals surface area contributed by atoms with E-state index in [4.69, 9.17) is 21.4 Å². The second kappa shape index (κ2) is 4.33. The molecule has 3 heteroatoms. The van der Waals surface area contributed by atoms with E-state index in [1.165, 1.54) is 0 Å². The first kappa shape index (κ1) is 9.36. The second-order valence-corrected chi connectivity index (χ2v) is 2.76. The van der Waals surface area contributed by atoms with Gasteiger partial charge in [-0.25, -0.2) is 0 Å². The van der Waals surface area contributed by atoms with Gasteiger partial charge in [-0.15, -0.1) is 0 Å². The summed E-state index contributed by atoms with van der Waals surface area (Å²) < 4.78 is 5.24. The molecule has 0 fully saturated rings. The molecule has 0 heterocycles. The first-order chi connectivity index (χ1) is 5.77. The Hall–Kier alpha value is -0.730. The van der Waals surface area contributed by atoms with Crippen molar-refractivity contribution in [2.24, 2.45) is 0 Å². The first-order valence-corrected chi connectivity index (χ1v) is 4.17. The minimum absolute atomic E-state index is 0.0112. The number of aliphatic hydroxyl groups excluding tert-OH is 1. The number of hydrogen-bond donors (Lipinski definition) is 1. The van der Waals surface area contributed by atoms with Gasteiger partial charge in [-0.2, -0.15) is 0 Å². The monoisotopic (exact) mass is 186 g/mol. The van der Waals surface area contributed by atoms with Gasteiger partial charge < -0.3 is 9.84 Å². The van der Waals surface area contributed by atoms with Crippen molar-refractivity contribution in [3.05, 3.63) is 28.8 Å². The lowest BCUT2D eigenvalue weighted by Gasteiger charge is -2.06. The molecule has 1 aromatic rings. The third kappa shape index (κ3) is 2.13. The topological polar surface area (TPSA) is 29.5 Å². The van der Waals surface area contributed by atoms with Crippen LogP contribution >= 0.6 is 11.6 Å². The van der Waals surface area contributed by atoms with Crippen LogP contribution in [0.3, 0.4) is 0 Å². The van der Waals surface area contributed by atoms with Crippen LogP contribution in [0.1, 0.15) is 12.5 Å². The Bertz CT molecular complexity index is 261. The summed E-state index contributed by atoms with van der Waals surface area (Å²) >= 11 is 5.83. The van der Waals surface area contributed by atoms with Gasteiger partial charge in [-0.1, -0.05) is 17.7 Å². The van der Waals surface area contributed by atoms with Crippen LogP contribution in [0.15, 0.2) is 18.2 Å². The number of ether oxygens (including phenoxy) is 1. The molecule has 1 N–H and O–H groups in total. The third-order valence-electron chi connectivity index (χ3n) is 1.48. The van der Waals surface area contributed by atoms with Crippen LogP contribution in [0.5, 0.6) is 5.75 Å². The standard InChI is InChI=1S/C9H11ClO2/c1-2-12-9-5-7(6-11)3-4-8(9)10/h3-5,11H,2,6H2,1H3. The van der Waals surface area contributed by atoms with Crippen molar-refractivity contribution in [1.82, 2.24) is 0 Å². The normalized spacial score (nSPS) is 9.92. The van der Waals surface area contributed by atoms with Gasteiger partial charge in [0.2, 0.25) is 0 Å². The fraction of sp³-hybridized carbons (Fsp3) is 0.333. The Morgan fingerprint density at radius 3 is 2.83 bits per heavy atom. The van der Waals surface area contributed by atoms with Crippen LogP contribution in [-0.4, -0.2) is 11.7 Å². The Kier molecular flexibility index (Phi) is 3.38. The van der Waals surface area contributed by atoms with E-state index in [0.29, 0.717) is 17.4 Å². The van der Waals surface area contributed by atoms with Crippen molar-refractivity contribution in [2.45, 2.75) is 13.5 Å². The highest BCUT2D eigenvalue weighted by molar-refractivity contribution is 6.32. The molecule has 0 aliphatic heterocycles. The molecule has 12 heavy (non-hydrogen) atoms. The van der Waals surface area contributed by atoms with Crippen LogP contribution in [0.4, 0.5) is 0 Å². The highest BCUT2D eigenvalue weighted by Gasteiger charge is 2.01. The molecule has 0 saturated heterocycles. The van der Waals surface area contributed by atoms with Gasteiger partial charge in [-0.05, 0) is 24.6 Å². The Morgan fingerprint density at radius 1 is 1.50 bits per heavy atom. The summed E-state index contributed by atoms with van der Waals surface area (Å²) in [5, 5.41) is 9.40. The molecule has 0 aliphatic carbocycles. The molecule has 0 saturated carbocycles. The minimum Gasteiger partial charge on any atom is -0.492 e. The smallest absolute Gasteiger partial charge is 0.138 e. The lowest BCUT2D eigenvalue weighted by atomic mass is 10.2. The van der Waals surface area contributed by atoms with Gasteiger partial charge in [0.1, 0.15) is 5.75 Å². The molecule has 1 rings (SSSR count). The molecule has 0 bridgehead atoms. The summed E-state index contributed by atoms with van der Waals surface area (Å²) in [6.07, 6.45) is 0. The fourth-order valence-electron chi connectivity index (χ4n) is 0.912. The van der Waals surface area contributed by atoms with Crippen molar-refractivity contribution in [2.75, 3.05) is 6.61 Å². The van der Waals surface area contributed by atoms with Gasteiger partial charge in [0.15, 0.2) is 0 Å². The number of rotatable bonds is 3. The Balaban J connectivity index is 2.91. The van der Waals surface area contributed by atoms with Gasteiger partial charge in [-0.3, -0.25) is 0 Å². The summed E-state index contributed by atoms with van der Waals surface area (Å²) in [5.74, 6) is 0.630. The maximum absolute atomic E-state index is 8.82. The summed E-state index contributed by atoms with van der Waals surface area (Å²) in [6, 6.07) is 5.23. The molecule has 0 unspecified atom stereocenters. The molecule has 0 amide bonds. The Labute approximate surface area is 76.7 Å². The average Bonchev–Trinajstić information content (AvgIpc) is 2.09. The molecular formula is C9H11ClO2. The molecule has 0 spiro atoms. The predicted molar refractivity (Wildman–Crippen MR) is 48.5 cm³/mol. The van der Waals surface area contributed by atoms with Gasteiger partial charge in [0, 0.05) is 0 Å². The molecule has 0 aliphatic rings. The molecular weight excluding hydrogens is 176 g/mol. The number of aliphatic hydroxyl groups is 1. The lowest BCUT2D eigenvalue weighted by Crippen LogP contribution is -1.93. The zero-order chi connectivity index (χ0) is 8.97. The van der Waals surface area contributed by atoms with Gasteiger partial charge >= 0.3 is 0 Å². The van der Waals surface area contributed by atoms with E-state index in [1.54, 1.807) is 18.2 Å². The molecule has 0 aromatic heterocycles. The largest absolute Gasteiger partial charge is 0.492 e. The van der Waals surface area contributed by atoms with Gasteiger partial charge in [0.25, 0.3) is 0 Å². The fourth-order valence-corrected chi connectivity index (χ4v) is 1.08. The van der Waals surface area contributed by atoms with E-state index >= 15 is 0 Å². The number of hydrogen-bond acceptors (Lipinski definition) is 2. The van der Waals surface area contributed by atoms with Crippen LogP contribution in [-0.2, 0) is 6.61 Å². The van der Waals surface area contributed by atoms with Crippen LogP contribution in [0.2, 0.25) is 5.02 Å². The van der Waals surface area contributed by atoms with Crippen LogP contribution in [0.25, 0.3) is 0 Å².